The first-order chi connectivity index (χ1) is 12.5. The third-order valence-corrected chi connectivity index (χ3v) is 3.58. The lowest BCUT2D eigenvalue weighted by Crippen LogP contribution is -2.24. The molecular formula is C18H16FN5O2. The first-order valence-corrected chi connectivity index (χ1v) is 7.78. The van der Waals surface area contributed by atoms with E-state index in [2.05, 4.69) is 20.3 Å². The van der Waals surface area contributed by atoms with Gasteiger partial charge in [0, 0.05) is 24.5 Å². The van der Waals surface area contributed by atoms with Gasteiger partial charge in [-0.2, -0.15) is 0 Å². The van der Waals surface area contributed by atoms with Crippen LogP contribution in [0, 0.1) is 12.7 Å². The maximum absolute atomic E-state index is 13.8. The van der Waals surface area contributed by atoms with Crippen LogP contribution in [0.1, 0.15) is 21.6 Å². The number of pyridine rings is 1. The SMILES string of the molecule is Cc1nc(N)ncc1C(=O)NCc1cccnc1Oc1ccccc1F. The van der Waals surface area contributed by atoms with Gasteiger partial charge in [-0.3, -0.25) is 4.79 Å². The van der Waals surface area contributed by atoms with Crippen LogP contribution >= 0.6 is 0 Å². The number of rotatable bonds is 5. The molecule has 0 radical (unpaired) electrons. The van der Waals surface area contributed by atoms with E-state index in [1.165, 1.54) is 24.5 Å². The molecule has 0 aliphatic rings. The van der Waals surface area contributed by atoms with Gasteiger partial charge in [-0.05, 0) is 25.1 Å². The van der Waals surface area contributed by atoms with Gasteiger partial charge in [-0.15, -0.1) is 0 Å². The maximum Gasteiger partial charge on any atom is 0.254 e. The van der Waals surface area contributed by atoms with Gasteiger partial charge in [0.15, 0.2) is 11.6 Å². The van der Waals surface area contributed by atoms with Crippen LogP contribution in [0.3, 0.4) is 0 Å². The van der Waals surface area contributed by atoms with Crippen LogP contribution in [0.15, 0.2) is 48.8 Å². The number of aromatic nitrogens is 3. The Bertz CT molecular complexity index is 948. The molecule has 0 aliphatic heterocycles. The van der Waals surface area contributed by atoms with Crippen molar-refractivity contribution in [2.24, 2.45) is 0 Å². The predicted molar refractivity (Wildman–Crippen MR) is 93.1 cm³/mol. The molecule has 0 spiro atoms. The third-order valence-electron chi connectivity index (χ3n) is 3.58. The van der Waals surface area contributed by atoms with Gasteiger partial charge in [0.1, 0.15) is 0 Å². The summed E-state index contributed by atoms with van der Waals surface area (Å²) in [7, 11) is 0. The van der Waals surface area contributed by atoms with E-state index in [4.69, 9.17) is 10.5 Å². The van der Waals surface area contributed by atoms with E-state index in [0.29, 0.717) is 16.8 Å². The van der Waals surface area contributed by atoms with Crippen LogP contribution in [0.25, 0.3) is 0 Å². The number of nitrogens with zero attached hydrogens (tertiary/aromatic N) is 3. The average Bonchev–Trinajstić information content (AvgIpc) is 2.62. The number of carbonyl (C=O) groups excluding carboxylic acids is 1. The average molecular weight is 353 g/mol. The number of halogens is 1. The Morgan fingerprint density at radius 1 is 1.23 bits per heavy atom. The third kappa shape index (κ3) is 3.92. The fourth-order valence-corrected chi connectivity index (χ4v) is 2.26. The highest BCUT2D eigenvalue weighted by molar-refractivity contribution is 5.94. The van der Waals surface area contributed by atoms with Gasteiger partial charge in [0.2, 0.25) is 11.8 Å². The predicted octanol–water partition coefficient (Wildman–Crippen LogP) is 2.62. The van der Waals surface area contributed by atoms with Crippen molar-refractivity contribution >= 4 is 11.9 Å². The van der Waals surface area contributed by atoms with Gasteiger partial charge >= 0.3 is 0 Å². The summed E-state index contributed by atoms with van der Waals surface area (Å²) in [4.78, 5) is 24.2. The molecule has 2 heterocycles. The van der Waals surface area contributed by atoms with E-state index in [-0.39, 0.29) is 30.0 Å². The molecule has 0 saturated carbocycles. The number of aryl methyl sites for hydroxylation is 1. The lowest BCUT2D eigenvalue weighted by Gasteiger charge is -2.11. The Balaban J connectivity index is 1.74. The maximum atomic E-state index is 13.8. The number of hydrogen-bond acceptors (Lipinski definition) is 6. The summed E-state index contributed by atoms with van der Waals surface area (Å²) in [5.74, 6) is -0.484. The Kier molecular flexibility index (Phi) is 5.02. The molecule has 0 atom stereocenters. The minimum absolute atomic E-state index is 0.0570. The van der Waals surface area contributed by atoms with Crippen molar-refractivity contribution in [3.05, 3.63) is 71.4 Å². The summed E-state index contributed by atoms with van der Waals surface area (Å²) in [5, 5.41) is 2.74. The quantitative estimate of drug-likeness (QED) is 0.731. The molecule has 0 fully saturated rings. The van der Waals surface area contributed by atoms with E-state index in [9.17, 15) is 9.18 Å². The molecular weight excluding hydrogens is 337 g/mol. The molecule has 8 heteroatoms. The summed E-state index contributed by atoms with van der Waals surface area (Å²) >= 11 is 0. The van der Waals surface area contributed by atoms with Crippen molar-refractivity contribution in [3.63, 3.8) is 0 Å². The van der Waals surface area contributed by atoms with Crippen molar-refractivity contribution < 1.29 is 13.9 Å². The molecule has 0 bridgehead atoms. The Hall–Kier alpha value is -3.55. The van der Waals surface area contributed by atoms with Crippen molar-refractivity contribution in [3.8, 4) is 11.6 Å². The highest BCUT2D eigenvalue weighted by Crippen LogP contribution is 2.25. The van der Waals surface area contributed by atoms with Gasteiger partial charge in [0.05, 0.1) is 11.3 Å². The lowest BCUT2D eigenvalue weighted by molar-refractivity contribution is 0.0949. The molecule has 1 amide bonds. The van der Waals surface area contributed by atoms with E-state index >= 15 is 0 Å². The molecule has 3 aromatic rings. The molecule has 0 unspecified atom stereocenters. The number of para-hydroxylation sites is 1. The fourth-order valence-electron chi connectivity index (χ4n) is 2.26. The van der Waals surface area contributed by atoms with E-state index in [1.54, 1.807) is 31.2 Å². The van der Waals surface area contributed by atoms with Crippen LogP contribution < -0.4 is 15.8 Å². The first kappa shape index (κ1) is 17.3. The molecule has 3 rings (SSSR count). The Morgan fingerprint density at radius 3 is 2.81 bits per heavy atom. The zero-order valence-corrected chi connectivity index (χ0v) is 13.9. The van der Waals surface area contributed by atoms with Gasteiger partial charge in [-0.25, -0.2) is 19.3 Å². The molecule has 0 aliphatic carbocycles. The van der Waals surface area contributed by atoms with Crippen LogP contribution in [0.4, 0.5) is 10.3 Å². The highest BCUT2D eigenvalue weighted by Gasteiger charge is 2.13. The van der Waals surface area contributed by atoms with Crippen molar-refractivity contribution in [2.45, 2.75) is 13.5 Å². The van der Waals surface area contributed by atoms with Gasteiger partial charge in [0.25, 0.3) is 5.91 Å². The minimum atomic E-state index is -0.497. The molecule has 3 N–H and O–H groups in total. The highest BCUT2D eigenvalue weighted by atomic mass is 19.1. The van der Waals surface area contributed by atoms with Gasteiger partial charge in [-0.1, -0.05) is 18.2 Å². The fraction of sp³-hybridized carbons (Fsp3) is 0.111. The van der Waals surface area contributed by atoms with E-state index in [0.717, 1.165) is 0 Å². The summed E-state index contributed by atoms with van der Waals surface area (Å²) in [6, 6.07) is 9.46. The lowest BCUT2D eigenvalue weighted by atomic mass is 10.2. The van der Waals surface area contributed by atoms with Crippen molar-refractivity contribution in [2.75, 3.05) is 5.73 Å². The Morgan fingerprint density at radius 2 is 2.04 bits per heavy atom. The minimum Gasteiger partial charge on any atom is -0.436 e. The van der Waals surface area contributed by atoms with Crippen LogP contribution in [-0.2, 0) is 6.54 Å². The summed E-state index contributed by atoms with van der Waals surface area (Å²) in [5.41, 5.74) is 6.88. The molecule has 7 nitrogen and oxygen atoms in total. The number of nitrogens with two attached hydrogens (primary N) is 1. The number of carbonyl (C=O) groups is 1. The van der Waals surface area contributed by atoms with Crippen LogP contribution in [0.5, 0.6) is 11.6 Å². The number of benzene rings is 1. The standard InChI is InChI=1S/C18H16FN5O2/c1-11-13(10-23-18(20)24-11)16(25)22-9-12-5-4-8-21-17(12)26-15-7-3-2-6-14(15)19/h2-8,10H,9H2,1H3,(H,22,25)(H2,20,23,24). The summed E-state index contributed by atoms with van der Waals surface area (Å²) < 4.78 is 19.3. The summed E-state index contributed by atoms with van der Waals surface area (Å²) in [6.45, 7) is 1.81. The monoisotopic (exact) mass is 353 g/mol. The van der Waals surface area contributed by atoms with Crippen molar-refractivity contribution in [1.29, 1.82) is 0 Å². The second-order valence-corrected chi connectivity index (χ2v) is 5.41. The van der Waals surface area contributed by atoms with E-state index in [1.807, 2.05) is 0 Å². The van der Waals surface area contributed by atoms with Gasteiger partial charge < -0.3 is 15.8 Å². The zero-order chi connectivity index (χ0) is 18.5. The number of amides is 1. The van der Waals surface area contributed by atoms with Crippen LogP contribution in [-0.4, -0.2) is 20.9 Å². The van der Waals surface area contributed by atoms with Crippen molar-refractivity contribution in [1.82, 2.24) is 20.3 Å². The normalized spacial score (nSPS) is 10.4. The second-order valence-electron chi connectivity index (χ2n) is 5.41. The molecule has 2 aromatic heterocycles. The molecule has 0 saturated heterocycles. The molecule has 1 aromatic carbocycles. The number of anilines is 1. The van der Waals surface area contributed by atoms with E-state index < -0.39 is 5.82 Å². The number of nitrogens with one attached hydrogen (secondary N) is 1. The molecule has 26 heavy (non-hydrogen) atoms. The zero-order valence-electron chi connectivity index (χ0n) is 13.9. The number of ether oxygens (including phenoxy) is 1. The first-order valence-electron chi connectivity index (χ1n) is 7.78. The Labute approximate surface area is 149 Å². The number of nitrogen functional groups attached to an aromatic ring is 1. The smallest absolute Gasteiger partial charge is 0.254 e. The summed E-state index contributed by atoms with van der Waals surface area (Å²) in [6.07, 6.45) is 2.90. The molecule has 132 valence electrons. The topological polar surface area (TPSA) is 103 Å². The van der Waals surface area contributed by atoms with Crippen LogP contribution in [0.2, 0.25) is 0 Å². The number of hydrogen-bond donors (Lipinski definition) is 2. The second kappa shape index (κ2) is 7.56. The largest absolute Gasteiger partial charge is 0.436 e.